The summed E-state index contributed by atoms with van der Waals surface area (Å²) in [6.07, 6.45) is 0. The molecule has 0 aliphatic heterocycles. The molecular formula is C10H5BrFNS. The summed E-state index contributed by atoms with van der Waals surface area (Å²) in [5.74, 6) is -0.437. The van der Waals surface area contributed by atoms with E-state index in [1.165, 1.54) is 17.4 Å². The van der Waals surface area contributed by atoms with Gasteiger partial charge >= 0.3 is 0 Å². The minimum atomic E-state index is -0.437. The number of hydrogen-bond donors (Lipinski definition) is 0. The van der Waals surface area contributed by atoms with Gasteiger partial charge in [0.1, 0.15) is 11.9 Å². The lowest BCUT2D eigenvalue weighted by Gasteiger charge is -2.01. The Balaban J connectivity index is 2.90. The maximum Gasteiger partial charge on any atom is 0.141 e. The van der Waals surface area contributed by atoms with E-state index < -0.39 is 5.82 Å². The van der Waals surface area contributed by atoms with Crippen molar-refractivity contribution >= 4 is 37.4 Å². The van der Waals surface area contributed by atoms with Crippen molar-refractivity contribution in [2.45, 2.75) is 5.33 Å². The van der Waals surface area contributed by atoms with Crippen molar-refractivity contribution in [2.75, 3.05) is 0 Å². The Bertz CT molecular complexity index is 527. The van der Waals surface area contributed by atoms with E-state index in [0.29, 0.717) is 10.7 Å². The summed E-state index contributed by atoms with van der Waals surface area (Å²) in [5.41, 5.74) is 1.04. The van der Waals surface area contributed by atoms with E-state index in [1.54, 1.807) is 6.07 Å². The maximum absolute atomic E-state index is 13.4. The zero-order valence-electron chi connectivity index (χ0n) is 7.05. The molecular weight excluding hydrogens is 265 g/mol. The van der Waals surface area contributed by atoms with Gasteiger partial charge in [0.05, 0.1) is 5.56 Å². The average Bonchev–Trinajstić information content (AvgIpc) is 2.65. The molecule has 1 aromatic carbocycles. The van der Waals surface area contributed by atoms with Gasteiger partial charge in [-0.1, -0.05) is 15.9 Å². The lowest BCUT2D eigenvalue weighted by Crippen LogP contribution is -1.88. The topological polar surface area (TPSA) is 23.8 Å². The number of fused-ring (bicyclic) bond motifs is 1. The summed E-state index contributed by atoms with van der Waals surface area (Å²) in [7, 11) is 0. The Morgan fingerprint density at radius 1 is 1.57 bits per heavy atom. The standard InChI is InChI=1S/C10H5BrFNS/c11-4-6-3-9(12)8(5-13)7-1-2-14-10(6)7/h1-3H,4H2. The van der Waals surface area contributed by atoms with Crippen molar-refractivity contribution in [3.8, 4) is 6.07 Å². The first-order valence-electron chi connectivity index (χ1n) is 3.92. The van der Waals surface area contributed by atoms with E-state index in [2.05, 4.69) is 15.9 Å². The molecule has 2 rings (SSSR count). The van der Waals surface area contributed by atoms with Crippen LogP contribution in [0.4, 0.5) is 4.39 Å². The molecule has 0 amide bonds. The van der Waals surface area contributed by atoms with Crippen molar-refractivity contribution in [2.24, 2.45) is 0 Å². The van der Waals surface area contributed by atoms with Crippen LogP contribution < -0.4 is 0 Å². The zero-order valence-corrected chi connectivity index (χ0v) is 9.45. The third-order valence-electron chi connectivity index (χ3n) is 2.02. The second-order valence-electron chi connectivity index (χ2n) is 2.80. The number of hydrogen-bond acceptors (Lipinski definition) is 2. The average molecular weight is 270 g/mol. The summed E-state index contributed by atoms with van der Waals surface area (Å²) in [6, 6.07) is 5.10. The van der Waals surface area contributed by atoms with Gasteiger partial charge in [-0.25, -0.2) is 4.39 Å². The third kappa shape index (κ3) is 1.33. The Morgan fingerprint density at radius 2 is 2.36 bits per heavy atom. The summed E-state index contributed by atoms with van der Waals surface area (Å²) >= 11 is 4.83. The third-order valence-corrected chi connectivity index (χ3v) is 3.62. The van der Waals surface area contributed by atoms with Crippen molar-refractivity contribution in [3.05, 3.63) is 34.5 Å². The first-order valence-corrected chi connectivity index (χ1v) is 5.92. The van der Waals surface area contributed by atoms with Crippen molar-refractivity contribution < 1.29 is 4.39 Å². The van der Waals surface area contributed by atoms with E-state index in [0.717, 1.165) is 10.3 Å². The minimum absolute atomic E-state index is 0.144. The molecule has 1 nitrogen and oxygen atoms in total. The molecule has 4 heteroatoms. The predicted molar refractivity (Wildman–Crippen MR) is 59.1 cm³/mol. The fraction of sp³-hybridized carbons (Fsp3) is 0.100. The van der Waals surface area contributed by atoms with Crippen LogP contribution in [0.25, 0.3) is 10.1 Å². The van der Waals surface area contributed by atoms with Crippen LogP contribution in [0.3, 0.4) is 0 Å². The van der Waals surface area contributed by atoms with Crippen LogP contribution in [0.2, 0.25) is 0 Å². The van der Waals surface area contributed by atoms with Gasteiger partial charge in [-0.15, -0.1) is 11.3 Å². The van der Waals surface area contributed by atoms with Gasteiger partial charge < -0.3 is 0 Å². The van der Waals surface area contributed by atoms with Gasteiger partial charge in [0.15, 0.2) is 0 Å². The highest BCUT2D eigenvalue weighted by molar-refractivity contribution is 9.08. The quantitative estimate of drug-likeness (QED) is 0.723. The number of alkyl halides is 1. The number of nitriles is 1. The van der Waals surface area contributed by atoms with Gasteiger partial charge in [0.2, 0.25) is 0 Å². The van der Waals surface area contributed by atoms with Crippen LogP contribution in [0, 0.1) is 17.1 Å². The highest BCUT2D eigenvalue weighted by Gasteiger charge is 2.11. The van der Waals surface area contributed by atoms with Gasteiger partial charge in [-0.2, -0.15) is 5.26 Å². The smallest absolute Gasteiger partial charge is 0.141 e. The fourth-order valence-electron chi connectivity index (χ4n) is 1.39. The molecule has 0 atom stereocenters. The number of halogens is 2. The molecule has 0 fully saturated rings. The van der Waals surface area contributed by atoms with Crippen LogP contribution in [-0.2, 0) is 5.33 Å². The zero-order chi connectivity index (χ0) is 10.1. The number of nitrogens with zero attached hydrogens (tertiary/aromatic N) is 1. The molecule has 70 valence electrons. The second-order valence-corrected chi connectivity index (χ2v) is 4.28. The second kappa shape index (κ2) is 3.68. The van der Waals surface area contributed by atoms with E-state index >= 15 is 0 Å². The molecule has 0 radical (unpaired) electrons. The molecule has 2 aromatic rings. The van der Waals surface area contributed by atoms with E-state index in [4.69, 9.17) is 5.26 Å². The molecule has 0 unspecified atom stereocenters. The van der Waals surface area contributed by atoms with E-state index in [1.807, 2.05) is 11.4 Å². The molecule has 0 spiro atoms. The molecule has 0 bridgehead atoms. The SMILES string of the molecule is N#Cc1c(F)cc(CBr)c2sccc12. The molecule has 1 aromatic heterocycles. The van der Waals surface area contributed by atoms with Crippen LogP contribution >= 0.6 is 27.3 Å². The van der Waals surface area contributed by atoms with E-state index in [9.17, 15) is 4.39 Å². The summed E-state index contributed by atoms with van der Waals surface area (Å²) < 4.78 is 14.4. The van der Waals surface area contributed by atoms with Crippen LogP contribution in [0.5, 0.6) is 0 Å². The highest BCUT2D eigenvalue weighted by atomic mass is 79.9. The normalized spacial score (nSPS) is 10.4. The molecule has 0 saturated carbocycles. The van der Waals surface area contributed by atoms with Gasteiger partial charge in [-0.05, 0) is 23.1 Å². The number of rotatable bonds is 1. The van der Waals surface area contributed by atoms with Crippen LogP contribution in [0.15, 0.2) is 17.5 Å². The van der Waals surface area contributed by atoms with Gasteiger partial charge in [-0.3, -0.25) is 0 Å². The van der Waals surface area contributed by atoms with Crippen molar-refractivity contribution in [3.63, 3.8) is 0 Å². The van der Waals surface area contributed by atoms with Crippen LogP contribution in [0.1, 0.15) is 11.1 Å². The summed E-state index contributed by atoms with van der Waals surface area (Å²) in [6.45, 7) is 0. The van der Waals surface area contributed by atoms with Crippen molar-refractivity contribution in [1.29, 1.82) is 5.26 Å². The first kappa shape index (κ1) is 9.63. The fourth-order valence-corrected chi connectivity index (χ4v) is 2.93. The van der Waals surface area contributed by atoms with Crippen molar-refractivity contribution in [1.82, 2.24) is 0 Å². The molecule has 0 aliphatic carbocycles. The molecule has 14 heavy (non-hydrogen) atoms. The predicted octanol–water partition coefficient (Wildman–Crippen LogP) is 3.81. The monoisotopic (exact) mass is 269 g/mol. The Morgan fingerprint density at radius 3 is 3.00 bits per heavy atom. The van der Waals surface area contributed by atoms with Crippen LogP contribution in [-0.4, -0.2) is 0 Å². The molecule has 0 N–H and O–H groups in total. The Kier molecular flexibility index (Phi) is 2.53. The van der Waals surface area contributed by atoms with Gasteiger partial charge in [0.25, 0.3) is 0 Å². The number of thiophene rings is 1. The lowest BCUT2D eigenvalue weighted by molar-refractivity contribution is 0.625. The Labute approximate surface area is 92.9 Å². The highest BCUT2D eigenvalue weighted by Crippen LogP contribution is 2.30. The summed E-state index contributed by atoms with van der Waals surface area (Å²) in [4.78, 5) is 0. The lowest BCUT2D eigenvalue weighted by atomic mass is 10.1. The minimum Gasteiger partial charge on any atom is -0.206 e. The maximum atomic E-state index is 13.4. The largest absolute Gasteiger partial charge is 0.206 e. The molecule has 0 aliphatic rings. The van der Waals surface area contributed by atoms with Gasteiger partial charge in [0, 0.05) is 15.4 Å². The molecule has 0 saturated heterocycles. The van der Waals surface area contributed by atoms with E-state index in [-0.39, 0.29) is 5.56 Å². The first-order chi connectivity index (χ1) is 6.77. The number of benzene rings is 1. The summed E-state index contributed by atoms with van der Waals surface area (Å²) in [5, 5.41) is 12.0. The Hall–Kier alpha value is -0.920. The molecule has 1 heterocycles.